The molecule has 0 aromatic carbocycles. The summed E-state index contributed by atoms with van der Waals surface area (Å²) in [5, 5.41) is 0. The van der Waals surface area contributed by atoms with Gasteiger partial charge in [0.25, 0.3) is 0 Å². The predicted octanol–water partition coefficient (Wildman–Crippen LogP) is 15.0. The van der Waals surface area contributed by atoms with Crippen molar-refractivity contribution in [2.45, 2.75) is 246 Å². The van der Waals surface area contributed by atoms with Gasteiger partial charge < -0.3 is 4.74 Å². The molecule has 0 amide bonds. The number of carbonyl (C=O) groups excluding carboxylic acids is 1. The zero-order valence-corrected chi connectivity index (χ0v) is 31.0. The third-order valence-electron chi connectivity index (χ3n) is 9.59. The van der Waals surface area contributed by atoms with Crippen molar-refractivity contribution < 1.29 is 9.53 Å². The zero-order chi connectivity index (χ0) is 32.2. The number of carbonyl (C=O) groups is 1. The van der Waals surface area contributed by atoms with Crippen molar-refractivity contribution in [1.29, 1.82) is 0 Å². The average Bonchev–Trinajstić information content (AvgIpc) is 3.02. The van der Waals surface area contributed by atoms with Crippen LogP contribution in [0.3, 0.4) is 0 Å². The maximum absolute atomic E-state index is 13.1. The van der Waals surface area contributed by atoms with Gasteiger partial charge in [0.05, 0.1) is 12.0 Å². The Morgan fingerprint density at radius 3 is 1.11 bits per heavy atom. The smallest absolute Gasteiger partial charge is 0.309 e. The molecule has 0 fully saturated rings. The minimum absolute atomic E-state index is 0.0744. The number of esters is 1. The number of hydrogen-bond donors (Lipinski definition) is 0. The lowest BCUT2D eigenvalue weighted by Gasteiger charge is -2.20. The van der Waals surface area contributed by atoms with Crippen LogP contribution in [-0.4, -0.2) is 12.1 Å². The Morgan fingerprint density at radius 1 is 0.432 bits per heavy atom. The van der Waals surface area contributed by atoms with E-state index in [1.165, 1.54) is 193 Å². The number of rotatable bonds is 36. The molecule has 2 atom stereocenters. The van der Waals surface area contributed by atoms with Crippen LogP contribution in [0.4, 0.5) is 0 Å². The van der Waals surface area contributed by atoms with Crippen molar-refractivity contribution in [2.75, 3.05) is 0 Å². The third kappa shape index (κ3) is 32.6. The molecule has 0 aromatic heterocycles. The first-order valence-corrected chi connectivity index (χ1v) is 20.5. The summed E-state index contributed by atoms with van der Waals surface area (Å²) in [5.74, 6) is 0.223. The van der Waals surface area contributed by atoms with Gasteiger partial charge in [-0.05, 0) is 58.3 Å². The maximum Gasteiger partial charge on any atom is 0.309 e. The van der Waals surface area contributed by atoms with Crippen LogP contribution >= 0.6 is 0 Å². The molecule has 0 aliphatic rings. The van der Waals surface area contributed by atoms with Crippen LogP contribution in [0.15, 0.2) is 12.2 Å². The summed E-state index contributed by atoms with van der Waals surface area (Å²) in [6, 6.07) is 0. The summed E-state index contributed by atoms with van der Waals surface area (Å²) >= 11 is 0. The van der Waals surface area contributed by atoms with Gasteiger partial charge in [-0.1, -0.05) is 193 Å². The van der Waals surface area contributed by atoms with E-state index in [0.717, 1.165) is 19.3 Å². The highest BCUT2D eigenvalue weighted by Gasteiger charge is 2.21. The molecule has 0 spiro atoms. The monoisotopic (exact) mass is 619 g/mol. The minimum Gasteiger partial charge on any atom is -0.462 e. The Labute approximate surface area is 278 Å². The molecule has 2 heteroatoms. The fourth-order valence-electron chi connectivity index (χ4n) is 6.46. The molecule has 0 aliphatic carbocycles. The van der Waals surface area contributed by atoms with Crippen LogP contribution in [0.5, 0.6) is 0 Å². The summed E-state index contributed by atoms with van der Waals surface area (Å²) in [6.45, 7) is 8.93. The first kappa shape index (κ1) is 43.2. The second-order valence-electron chi connectivity index (χ2n) is 14.2. The molecule has 0 radical (unpaired) electrons. The van der Waals surface area contributed by atoms with Gasteiger partial charge in [0.15, 0.2) is 0 Å². The quantitative estimate of drug-likeness (QED) is 0.0396. The summed E-state index contributed by atoms with van der Waals surface area (Å²) < 4.78 is 5.98. The lowest BCUT2D eigenvalue weighted by Crippen LogP contribution is -2.23. The second-order valence-corrected chi connectivity index (χ2v) is 14.2. The Kier molecular flexibility index (Phi) is 36.0. The van der Waals surface area contributed by atoms with E-state index in [1.807, 2.05) is 0 Å². The van der Waals surface area contributed by atoms with Crippen molar-refractivity contribution >= 4 is 5.97 Å². The van der Waals surface area contributed by atoms with Gasteiger partial charge in [-0.3, -0.25) is 4.79 Å². The van der Waals surface area contributed by atoms with Gasteiger partial charge in [-0.15, -0.1) is 0 Å². The SMILES string of the molecule is CCCCCCCC/C=C\CCCCCCCCCCC(CCCCCCCCCCCC)C(=O)OC(C)CCCCCC. The van der Waals surface area contributed by atoms with Crippen LogP contribution in [0, 0.1) is 5.92 Å². The number of hydrogen-bond acceptors (Lipinski definition) is 2. The second kappa shape index (κ2) is 36.7. The van der Waals surface area contributed by atoms with Crippen molar-refractivity contribution in [3.63, 3.8) is 0 Å². The van der Waals surface area contributed by atoms with Crippen LogP contribution < -0.4 is 0 Å². The molecule has 0 saturated carbocycles. The summed E-state index contributed by atoms with van der Waals surface area (Å²) in [5.41, 5.74) is 0. The summed E-state index contributed by atoms with van der Waals surface area (Å²) in [7, 11) is 0. The van der Waals surface area contributed by atoms with E-state index < -0.39 is 0 Å². The molecule has 0 saturated heterocycles. The Bertz CT molecular complexity index is 582. The van der Waals surface area contributed by atoms with E-state index in [2.05, 4.69) is 39.8 Å². The highest BCUT2D eigenvalue weighted by atomic mass is 16.5. The van der Waals surface area contributed by atoms with Crippen molar-refractivity contribution in [3.05, 3.63) is 12.2 Å². The first-order chi connectivity index (χ1) is 21.7. The molecule has 2 nitrogen and oxygen atoms in total. The lowest BCUT2D eigenvalue weighted by molar-refractivity contribution is -0.154. The molecule has 0 aromatic rings. The minimum atomic E-state index is 0.0744. The molecule has 0 heterocycles. The fourth-order valence-corrected chi connectivity index (χ4v) is 6.46. The van der Waals surface area contributed by atoms with Gasteiger partial charge in [0.1, 0.15) is 0 Å². The number of allylic oxidation sites excluding steroid dienone is 2. The molecular weight excluding hydrogens is 536 g/mol. The molecule has 0 N–H and O–H groups in total. The van der Waals surface area contributed by atoms with Gasteiger partial charge in [0.2, 0.25) is 0 Å². The Hall–Kier alpha value is -0.790. The van der Waals surface area contributed by atoms with Gasteiger partial charge in [0, 0.05) is 0 Å². The van der Waals surface area contributed by atoms with Crippen molar-refractivity contribution in [2.24, 2.45) is 5.92 Å². The highest BCUT2D eigenvalue weighted by molar-refractivity contribution is 5.72. The molecule has 44 heavy (non-hydrogen) atoms. The molecule has 0 rings (SSSR count). The van der Waals surface area contributed by atoms with E-state index in [1.54, 1.807) is 0 Å². The van der Waals surface area contributed by atoms with E-state index in [-0.39, 0.29) is 18.0 Å². The number of ether oxygens (including phenoxy) is 1. The van der Waals surface area contributed by atoms with Crippen molar-refractivity contribution in [3.8, 4) is 0 Å². The lowest BCUT2D eigenvalue weighted by atomic mass is 9.94. The molecule has 0 aliphatic heterocycles. The van der Waals surface area contributed by atoms with Gasteiger partial charge in [-0.25, -0.2) is 0 Å². The normalized spacial score (nSPS) is 13.1. The zero-order valence-electron chi connectivity index (χ0n) is 31.0. The molecule has 0 bridgehead atoms. The van der Waals surface area contributed by atoms with Crippen LogP contribution in [0.25, 0.3) is 0 Å². The first-order valence-electron chi connectivity index (χ1n) is 20.5. The summed E-state index contributed by atoms with van der Waals surface area (Å²) in [6.07, 6.45) is 48.1. The predicted molar refractivity (Wildman–Crippen MR) is 198 cm³/mol. The average molecular weight is 619 g/mol. The molecule has 2 unspecified atom stereocenters. The standard InChI is InChI=1S/C42H82O2/c1-5-8-11-14-16-18-20-21-22-23-24-25-26-27-29-31-33-36-39-41(42(43)44-40(4)37-34-13-10-7-3)38-35-32-30-28-19-17-15-12-9-6-2/h21-22,40-41H,5-20,23-39H2,1-4H3/b22-21-. The van der Waals surface area contributed by atoms with Crippen LogP contribution in [0.1, 0.15) is 240 Å². The molecular formula is C42H82O2. The highest BCUT2D eigenvalue weighted by Crippen LogP contribution is 2.23. The van der Waals surface area contributed by atoms with E-state index >= 15 is 0 Å². The van der Waals surface area contributed by atoms with E-state index in [4.69, 9.17) is 4.74 Å². The topological polar surface area (TPSA) is 26.3 Å². The Morgan fingerprint density at radius 2 is 0.727 bits per heavy atom. The van der Waals surface area contributed by atoms with Gasteiger partial charge in [-0.2, -0.15) is 0 Å². The third-order valence-corrected chi connectivity index (χ3v) is 9.59. The van der Waals surface area contributed by atoms with Gasteiger partial charge >= 0.3 is 5.97 Å². The maximum atomic E-state index is 13.1. The largest absolute Gasteiger partial charge is 0.462 e. The summed E-state index contributed by atoms with van der Waals surface area (Å²) in [4.78, 5) is 13.1. The van der Waals surface area contributed by atoms with E-state index in [9.17, 15) is 4.79 Å². The fraction of sp³-hybridized carbons (Fsp3) is 0.929. The molecule has 262 valence electrons. The van der Waals surface area contributed by atoms with Crippen LogP contribution in [0.2, 0.25) is 0 Å². The van der Waals surface area contributed by atoms with Crippen molar-refractivity contribution in [1.82, 2.24) is 0 Å². The number of unbranched alkanes of at least 4 members (excludes halogenated alkanes) is 26. The Balaban J connectivity index is 4.03. The van der Waals surface area contributed by atoms with Crippen LogP contribution in [-0.2, 0) is 9.53 Å². The van der Waals surface area contributed by atoms with E-state index in [0.29, 0.717) is 0 Å².